The molecule has 1 N–H and O–H groups in total. The van der Waals surface area contributed by atoms with Crippen LogP contribution in [0.5, 0.6) is 0 Å². The fraction of sp³-hybridized carbons (Fsp3) is 0.818. The molecule has 0 aromatic rings. The molecule has 0 aliphatic rings. The van der Waals surface area contributed by atoms with Crippen molar-refractivity contribution in [2.45, 2.75) is 45.3 Å². The molecule has 0 aromatic heterocycles. The predicted octanol–water partition coefficient (Wildman–Crippen LogP) is 2.55. The Kier molecular flexibility index (Phi) is 5.66. The Morgan fingerprint density at radius 2 is 2.00 bits per heavy atom. The predicted molar refractivity (Wildman–Crippen MR) is 66.4 cm³/mol. The molecule has 0 saturated carbocycles. The smallest absolute Gasteiger partial charge is 0.408 e. The van der Waals surface area contributed by atoms with Gasteiger partial charge in [0.2, 0.25) is 0 Å². The van der Waals surface area contributed by atoms with E-state index < -0.39 is 17.2 Å². The minimum atomic E-state index is -0.856. The van der Waals surface area contributed by atoms with Gasteiger partial charge in [0.1, 0.15) is 11.1 Å². The molecule has 16 heavy (non-hydrogen) atoms. The molecule has 1 amide bonds. The number of amides is 1. The lowest BCUT2D eigenvalue weighted by atomic mass is 10.0. The van der Waals surface area contributed by atoms with Crippen LogP contribution >= 0.6 is 11.8 Å². The van der Waals surface area contributed by atoms with Crippen LogP contribution in [0.3, 0.4) is 0 Å². The van der Waals surface area contributed by atoms with Crippen molar-refractivity contribution >= 4 is 17.9 Å². The summed E-state index contributed by atoms with van der Waals surface area (Å²) in [5.74, 6) is 0.819. The second kappa shape index (κ2) is 6.00. The number of rotatable bonds is 4. The van der Waals surface area contributed by atoms with Crippen molar-refractivity contribution in [2.75, 3.05) is 12.0 Å². The quantitative estimate of drug-likeness (QED) is 0.825. The van der Waals surface area contributed by atoms with Crippen LogP contribution in [0.15, 0.2) is 0 Å². The van der Waals surface area contributed by atoms with E-state index in [2.05, 4.69) is 11.4 Å². The first kappa shape index (κ1) is 15.1. The first-order valence-corrected chi connectivity index (χ1v) is 6.53. The third-order valence-corrected chi connectivity index (χ3v) is 2.44. The first-order valence-electron chi connectivity index (χ1n) is 5.14. The molecule has 4 nitrogen and oxygen atoms in total. The summed E-state index contributed by atoms with van der Waals surface area (Å²) in [6.45, 7) is 7.07. The second-order valence-electron chi connectivity index (χ2n) is 4.81. The SMILES string of the molecule is CSCCC(C)(C#N)NC(=O)OC(C)(C)C. The van der Waals surface area contributed by atoms with Gasteiger partial charge in [-0.3, -0.25) is 0 Å². The minimum Gasteiger partial charge on any atom is -0.444 e. The fourth-order valence-corrected chi connectivity index (χ4v) is 1.59. The zero-order valence-electron chi connectivity index (χ0n) is 10.6. The Bertz CT molecular complexity index is 281. The highest BCUT2D eigenvalue weighted by molar-refractivity contribution is 7.98. The minimum absolute atomic E-state index is 0.542. The number of hydrogen-bond donors (Lipinski definition) is 1. The van der Waals surface area contributed by atoms with E-state index in [0.717, 1.165) is 5.75 Å². The number of ether oxygens (including phenoxy) is 1. The Morgan fingerprint density at radius 1 is 1.44 bits per heavy atom. The Hall–Kier alpha value is -0.890. The van der Waals surface area contributed by atoms with Gasteiger partial charge >= 0.3 is 6.09 Å². The van der Waals surface area contributed by atoms with Gasteiger partial charge in [-0.2, -0.15) is 17.0 Å². The topological polar surface area (TPSA) is 62.1 Å². The third kappa shape index (κ3) is 6.57. The van der Waals surface area contributed by atoms with Crippen LogP contribution in [-0.2, 0) is 4.74 Å². The van der Waals surface area contributed by atoms with Crippen molar-refractivity contribution < 1.29 is 9.53 Å². The molecule has 0 rings (SSSR count). The van der Waals surface area contributed by atoms with Crippen LogP contribution in [0.2, 0.25) is 0 Å². The van der Waals surface area contributed by atoms with Crippen LogP contribution in [0.4, 0.5) is 4.79 Å². The van der Waals surface area contributed by atoms with Gasteiger partial charge in [0.15, 0.2) is 0 Å². The number of carbonyl (C=O) groups excluding carboxylic acids is 1. The summed E-state index contributed by atoms with van der Waals surface area (Å²) in [5, 5.41) is 11.6. The van der Waals surface area contributed by atoms with Crippen LogP contribution < -0.4 is 5.32 Å². The van der Waals surface area contributed by atoms with Gasteiger partial charge in [-0.05, 0) is 46.1 Å². The molecule has 5 heteroatoms. The molecule has 0 bridgehead atoms. The van der Waals surface area contributed by atoms with Gasteiger partial charge in [-0.25, -0.2) is 4.79 Å². The molecule has 0 aliphatic carbocycles. The van der Waals surface area contributed by atoms with Gasteiger partial charge in [-0.15, -0.1) is 0 Å². The van der Waals surface area contributed by atoms with E-state index in [-0.39, 0.29) is 0 Å². The first-order chi connectivity index (χ1) is 7.22. The van der Waals surface area contributed by atoms with Gasteiger partial charge in [0, 0.05) is 0 Å². The normalized spacial score (nSPS) is 14.8. The largest absolute Gasteiger partial charge is 0.444 e. The average Bonchev–Trinajstić information content (AvgIpc) is 2.11. The van der Waals surface area contributed by atoms with E-state index in [9.17, 15) is 4.79 Å². The third-order valence-electron chi connectivity index (χ3n) is 1.83. The lowest BCUT2D eigenvalue weighted by Crippen LogP contribution is -2.47. The number of carbonyl (C=O) groups is 1. The molecular weight excluding hydrogens is 224 g/mol. The standard InChI is InChI=1S/C11H20N2O2S/c1-10(2,3)15-9(14)13-11(4,8-12)6-7-16-5/h6-7H2,1-5H3,(H,13,14). The molecule has 1 atom stereocenters. The highest BCUT2D eigenvalue weighted by Gasteiger charge is 2.28. The summed E-state index contributed by atoms with van der Waals surface area (Å²) in [6.07, 6.45) is 2.02. The van der Waals surface area contributed by atoms with E-state index >= 15 is 0 Å². The molecule has 0 aliphatic heterocycles. The number of nitriles is 1. The summed E-state index contributed by atoms with van der Waals surface area (Å²) in [4.78, 5) is 11.5. The number of hydrogen-bond acceptors (Lipinski definition) is 4. The maximum absolute atomic E-state index is 11.5. The van der Waals surface area contributed by atoms with Crippen LogP contribution in [0.25, 0.3) is 0 Å². The van der Waals surface area contributed by atoms with E-state index in [1.54, 1.807) is 39.5 Å². The van der Waals surface area contributed by atoms with Crippen LogP contribution in [0, 0.1) is 11.3 Å². The summed E-state index contributed by atoms with van der Waals surface area (Å²) in [7, 11) is 0. The molecule has 0 radical (unpaired) electrons. The highest BCUT2D eigenvalue weighted by Crippen LogP contribution is 2.14. The van der Waals surface area contributed by atoms with E-state index in [1.807, 2.05) is 6.26 Å². The molecule has 0 aromatic carbocycles. The molecule has 0 spiro atoms. The van der Waals surface area contributed by atoms with Crippen molar-refractivity contribution in [3.05, 3.63) is 0 Å². The number of thioether (sulfide) groups is 1. The van der Waals surface area contributed by atoms with Gasteiger partial charge in [-0.1, -0.05) is 0 Å². The van der Waals surface area contributed by atoms with Gasteiger partial charge < -0.3 is 10.1 Å². The average molecular weight is 244 g/mol. The molecule has 0 saturated heterocycles. The summed E-state index contributed by atoms with van der Waals surface area (Å²) >= 11 is 1.64. The summed E-state index contributed by atoms with van der Waals surface area (Å²) < 4.78 is 5.11. The maximum Gasteiger partial charge on any atom is 0.408 e. The molecule has 0 heterocycles. The maximum atomic E-state index is 11.5. The van der Waals surface area contributed by atoms with Crippen molar-refractivity contribution in [3.8, 4) is 6.07 Å². The zero-order chi connectivity index (χ0) is 12.8. The van der Waals surface area contributed by atoms with E-state index in [0.29, 0.717) is 6.42 Å². The number of alkyl carbamates (subject to hydrolysis) is 1. The van der Waals surface area contributed by atoms with E-state index in [1.165, 1.54) is 0 Å². The van der Waals surface area contributed by atoms with Crippen molar-refractivity contribution in [3.63, 3.8) is 0 Å². The van der Waals surface area contributed by atoms with E-state index in [4.69, 9.17) is 10.00 Å². The lowest BCUT2D eigenvalue weighted by Gasteiger charge is -2.26. The molecule has 92 valence electrons. The lowest BCUT2D eigenvalue weighted by molar-refractivity contribution is 0.0486. The van der Waals surface area contributed by atoms with Crippen LogP contribution in [0.1, 0.15) is 34.1 Å². The monoisotopic (exact) mass is 244 g/mol. The summed E-state index contributed by atoms with van der Waals surface area (Å²) in [6, 6.07) is 2.10. The van der Waals surface area contributed by atoms with Crippen molar-refractivity contribution in [2.24, 2.45) is 0 Å². The Balaban J connectivity index is 4.33. The van der Waals surface area contributed by atoms with Crippen molar-refractivity contribution in [1.29, 1.82) is 5.26 Å². The Labute approximate surface area is 102 Å². The van der Waals surface area contributed by atoms with Crippen LogP contribution in [-0.4, -0.2) is 29.2 Å². The summed E-state index contributed by atoms with van der Waals surface area (Å²) in [5.41, 5.74) is -1.40. The highest BCUT2D eigenvalue weighted by atomic mass is 32.2. The van der Waals surface area contributed by atoms with Gasteiger partial charge in [0.05, 0.1) is 6.07 Å². The molecule has 0 fully saturated rings. The van der Waals surface area contributed by atoms with Gasteiger partial charge in [0.25, 0.3) is 0 Å². The Morgan fingerprint density at radius 3 is 2.38 bits per heavy atom. The number of nitrogens with zero attached hydrogens (tertiary/aromatic N) is 1. The molecular formula is C11H20N2O2S. The van der Waals surface area contributed by atoms with Crippen molar-refractivity contribution in [1.82, 2.24) is 5.32 Å². The molecule has 1 unspecified atom stereocenters. The zero-order valence-corrected chi connectivity index (χ0v) is 11.4. The second-order valence-corrected chi connectivity index (χ2v) is 5.80. The fourth-order valence-electron chi connectivity index (χ4n) is 0.981. The number of nitrogens with one attached hydrogen (secondary N) is 1.